The van der Waals surface area contributed by atoms with Gasteiger partial charge in [-0.1, -0.05) is 18.2 Å². The van der Waals surface area contributed by atoms with Gasteiger partial charge in [0.1, 0.15) is 5.75 Å². The molecule has 2 N–H and O–H groups in total. The summed E-state index contributed by atoms with van der Waals surface area (Å²) in [5.74, 6) is 0.846. The number of hydrogen-bond donors (Lipinski definition) is 1. The van der Waals surface area contributed by atoms with Gasteiger partial charge >= 0.3 is 0 Å². The first-order valence-corrected chi connectivity index (χ1v) is 6.31. The van der Waals surface area contributed by atoms with Crippen LogP contribution in [0.15, 0.2) is 47.4 Å². The standard InChI is InChI=1S/C15H18N2O2/c1-12-10-15(18)17(11-14(12)16)8-5-9-19-13-6-3-2-4-7-13/h2-4,6-7,10-11H,5,8-9,16H2,1H3. The number of benzene rings is 1. The lowest BCUT2D eigenvalue weighted by Crippen LogP contribution is -2.21. The molecular weight excluding hydrogens is 240 g/mol. The summed E-state index contributed by atoms with van der Waals surface area (Å²) in [7, 11) is 0. The summed E-state index contributed by atoms with van der Waals surface area (Å²) < 4.78 is 7.20. The zero-order valence-corrected chi connectivity index (χ0v) is 11.0. The molecule has 0 radical (unpaired) electrons. The van der Waals surface area contributed by atoms with Crippen molar-refractivity contribution in [1.82, 2.24) is 4.57 Å². The molecule has 0 unspecified atom stereocenters. The fourth-order valence-corrected chi connectivity index (χ4v) is 1.80. The highest BCUT2D eigenvalue weighted by Crippen LogP contribution is 2.09. The minimum absolute atomic E-state index is 0.0218. The van der Waals surface area contributed by atoms with E-state index in [-0.39, 0.29) is 5.56 Å². The maximum absolute atomic E-state index is 11.7. The average molecular weight is 258 g/mol. The van der Waals surface area contributed by atoms with Crippen LogP contribution in [-0.4, -0.2) is 11.2 Å². The van der Waals surface area contributed by atoms with Crippen molar-refractivity contribution in [3.05, 3.63) is 58.5 Å². The fraction of sp³-hybridized carbons (Fsp3) is 0.267. The van der Waals surface area contributed by atoms with Crippen molar-refractivity contribution in [2.45, 2.75) is 19.9 Å². The minimum Gasteiger partial charge on any atom is -0.494 e. The number of anilines is 1. The lowest BCUT2D eigenvalue weighted by molar-refractivity contribution is 0.301. The number of aryl methyl sites for hydroxylation is 2. The van der Waals surface area contributed by atoms with Gasteiger partial charge in [0, 0.05) is 18.8 Å². The summed E-state index contributed by atoms with van der Waals surface area (Å²) in [6.07, 6.45) is 2.46. The van der Waals surface area contributed by atoms with Gasteiger partial charge in [0.05, 0.1) is 12.3 Å². The van der Waals surface area contributed by atoms with Crippen LogP contribution in [0, 0.1) is 6.92 Å². The number of rotatable bonds is 5. The molecule has 1 heterocycles. The summed E-state index contributed by atoms with van der Waals surface area (Å²) in [6, 6.07) is 11.2. The zero-order chi connectivity index (χ0) is 13.7. The second kappa shape index (κ2) is 6.09. The Bertz CT molecular complexity index is 591. The Hall–Kier alpha value is -2.23. The molecule has 2 rings (SSSR count). The van der Waals surface area contributed by atoms with Crippen LogP contribution in [0.3, 0.4) is 0 Å². The van der Waals surface area contributed by atoms with E-state index < -0.39 is 0 Å². The summed E-state index contributed by atoms with van der Waals surface area (Å²) in [5, 5.41) is 0. The van der Waals surface area contributed by atoms with E-state index in [1.807, 2.05) is 37.3 Å². The highest BCUT2D eigenvalue weighted by Gasteiger charge is 2.00. The van der Waals surface area contributed by atoms with Crippen molar-refractivity contribution in [2.24, 2.45) is 0 Å². The van der Waals surface area contributed by atoms with Crippen LogP contribution in [0.1, 0.15) is 12.0 Å². The molecule has 4 nitrogen and oxygen atoms in total. The molecule has 0 bridgehead atoms. The summed E-state index contributed by atoms with van der Waals surface area (Å²) in [5.41, 5.74) is 7.24. The van der Waals surface area contributed by atoms with E-state index in [4.69, 9.17) is 10.5 Å². The molecule has 0 saturated carbocycles. The third-order valence-corrected chi connectivity index (χ3v) is 2.93. The molecule has 0 aliphatic rings. The van der Waals surface area contributed by atoms with E-state index in [0.29, 0.717) is 18.8 Å². The predicted octanol–water partition coefficient (Wildman–Crippen LogP) is 2.21. The van der Waals surface area contributed by atoms with Crippen LogP contribution in [0.25, 0.3) is 0 Å². The zero-order valence-electron chi connectivity index (χ0n) is 11.0. The number of pyridine rings is 1. The highest BCUT2D eigenvalue weighted by atomic mass is 16.5. The number of ether oxygens (including phenoxy) is 1. The number of aromatic nitrogens is 1. The van der Waals surface area contributed by atoms with Gasteiger partial charge in [0.2, 0.25) is 0 Å². The van der Waals surface area contributed by atoms with E-state index in [1.54, 1.807) is 16.8 Å². The third kappa shape index (κ3) is 3.61. The number of nitrogens with zero attached hydrogens (tertiary/aromatic N) is 1. The van der Waals surface area contributed by atoms with Gasteiger partial charge in [-0.3, -0.25) is 4.79 Å². The predicted molar refractivity (Wildman–Crippen MR) is 76.4 cm³/mol. The van der Waals surface area contributed by atoms with Crippen molar-refractivity contribution >= 4 is 5.69 Å². The first kappa shape index (κ1) is 13.2. The molecule has 0 fully saturated rings. The van der Waals surface area contributed by atoms with Crippen molar-refractivity contribution in [3.63, 3.8) is 0 Å². The lowest BCUT2D eigenvalue weighted by Gasteiger charge is -2.09. The molecule has 0 aliphatic carbocycles. The van der Waals surface area contributed by atoms with E-state index in [1.165, 1.54) is 0 Å². The second-order valence-electron chi connectivity index (χ2n) is 4.46. The van der Waals surface area contributed by atoms with Crippen LogP contribution in [0.2, 0.25) is 0 Å². The molecule has 2 aromatic rings. The molecule has 0 atom stereocenters. The molecule has 0 saturated heterocycles. The molecule has 0 aliphatic heterocycles. The normalized spacial score (nSPS) is 10.4. The molecule has 4 heteroatoms. The van der Waals surface area contributed by atoms with Gasteiger partial charge < -0.3 is 15.0 Å². The van der Waals surface area contributed by atoms with E-state index in [0.717, 1.165) is 17.7 Å². The van der Waals surface area contributed by atoms with Gasteiger partial charge in [-0.15, -0.1) is 0 Å². The van der Waals surface area contributed by atoms with Gasteiger partial charge in [-0.2, -0.15) is 0 Å². The molecule has 0 spiro atoms. The van der Waals surface area contributed by atoms with Gasteiger partial charge in [-0.05, 0) is 31.0 Å². The summed E-state index contributed by atoms with van der Waals surface area (Å²) in [6.45, 7) is 3.01. The Labute approximate surface area is 112 Å². The van der Waals surface area contributed by atoms with Crippen molar-refractivity contribution in [1.29, 1.82) is 0 Å². The number of para-hydroxylation sites is 1. The first-order chi connectivity index (χ1) is 9.16. The fourth-order valence-electron chi connectivity index (χ4n) is 1.80. The average Bonchev–Trinajstić information content (AvgIpc) is 2.41. The number of nitrogen functional groups attached to an aromatic ring is 1. The SMILES string of the molecule is Cc1cc(=O)n(CCCOc2ccccc2)cc1N. The molecule has 1 aromatic heterocycles. The van der Waals surface area contributed by atoms with E-state index in [9.17, 15) is 4.79 Å². The Morgan fingerprint density at radius 1 is 1.26 bits per heavy atom. The quantitative estimate of drug-likeness (QED) is 0.836. The van der Waals surface area contributed by atoms with Crippen LogP contribution in [0.4, 0.5) is 5.69 Å². The number of nitrogens with two attached hydrogens (primary N) is 1. The van der Waals surface area contributed by atoms with Crippen LogP contribution >= 0.6 is 0 Å². The Morgan fingerprint density at radius 2 is 2.00 bits per heavy atom. The topological polar surface area (TPSA) is 57.2 Å². The van der Waals surface area contributed by atoms with Crippen LogP contribution in [-0.2, 0) is 6.54 Å². The van der Waals surface area contributed by atoms with Crippen molar-refractivity contribution in [2.75, 3.05) is 12.3 Å². The van der Waals surface area contributed by atoms with E-state index in [2.05, 4.69) is 0 Å². The summed E-state index contributed by atoms with van der Waals surface area (Å²) in [4.78, 5) is 11.7. The second-order valence-corrected chi connectivity index (χ2v) is 4.46. The first-order valence-electron chi connectivity index (χ1n) is 6.31. The van der Waals surface area contributed by atoms with Gasteiger partial charge in [0.15, 0.2) is 0 Å². The van der Waals surface area contributed by atoms with Crippen LogP contribution in [0.5, 0.6) is 5.75 Å². The molecule has 0 amide bonds. The van der Waals surface area contributed by atoms with Crippen molar-refractivity contribution < 1.29 is 4.74 Å². The smallest absolute Gasteiger partial charge is 0.250 e. The Morgan fingerprint density at radius 3 is 2.74 bits per heavy atom. The molecule has 19 heavy (non-hydrogen) atoms. The third-order valence-electron chi connectivity index (χ3n) is 2.93. The molecule has 1 aromatic carbocycles. The van der Waals surface area contributed by atoms with Crippen LogP contribution < -0.4 is 16.0 Å². The highest BCUT2D eigenvalue weighted by molar-refractivity contribution is 5.42. The van der Waals surface area contributed by atoms with Crippen molar-refractivity contribution in [3.8, 4) is 5.75 Å². The Balaban J connectivity index is 1.86. The number of hydrogen-bond acceptors (Lipinski definition) is 3. The Kier molecular flexibility index (Phi) is 4.23. The largest absolute Gasteiger partial charge is 0.494 e. The minimum atomic E-state index is -0.0218. The molecule has 100 valence electrons. The van der Waals surface area contributed by atoms with Gasteiger partial charge in [0.25, 0.3) is 5.56 Å². The summed E-state index contributed by atoms with van der Waals surface area (Å²) >= 11 is 0. The van der Waals surface area contributed by atoms with E-state index >= 15 is 0 Å². The lowest BCUT2D eigenvalue weighted by atomic mass is 10.2. The monoisotopic (exact) mass is 258 g/mol. The maximum Gasteiger partial charge on any atom is 0.250 e. The molecular formula is C15H18N2O2. The maximum atomic E-state index is 11.7. The van der Waals surface area contributed by atoms with Gasteiger partial charge in [-0.25, -0.2) is 0 Å².